The van der Waals surface area contributed by atoms with Gasteiger partial charge >= 0.3 is 0 Å². The lowest BCUT2D eigenvalue weighted by Gasteiger charge is -2.32. The molecule has 1 aromatic carbocycles. The molecule has 1 atom stereocenters. The van der Waals surface area contributed by atoms with Crippen molar-refractivity contribution < 1.29 is 14.0 Å². The standard InChI is InChI=1S/C17H19N3O3.ClH/c1-12-11-20(8-7-18-12)17(22)13-4-2-5-14(10-13)19-16(21)15-6-3-9-23-15;/h2-6,9-10,12,18H,7-8,11H2,1H3,(H,19,21);1H. The maximum absolute atomic E-state index is 12.6. The summed E-state index contributed by atoms with van der Waals surface area (Å²) < 4.78 is 5.06. The predicted molar refractivity (Wildman–Crippen MR) is 93.7 cm³/mol. The number of carbonyl (C=O) groups is 2. The summed E-state index contributed by atoms with van der Waals surface area (Å²) in [4.78, 5) is 26.4. The van der Waals surface area contributed by atoms with E-state index in [9.17, 15) is 9.59 Å². The van der Waals surface area contributed by atoms with Crippen LogP contribution < -0.4 is 10.6 Å². The molecule has 2 aromatic rings. The van der Waals surface area contributed by atoms with Crippen LogP contribution in [0.25, 0.3) is 0 Å². The molecule has 6 nitrogen and oxygen atoms in total. The van der Waals surface area contributed by atoms with E-state index in [-0.39, 0.29) is 36.0 Å². The molecule has 1 unspecified atom stereocenters. The Morgan fingerprint density at radius 1 is 1.29 bits per heavy atom. The Kier molecular flexibility index (Phi) is 6.00. The molecule has 24 heavy (non-hydrogen) atoms. The van der Waals surface area contributed by atoms with Crippen molar-refractivity contribution in [2.45, 2.75) is 13.0 Å². The van der Waals surface area contributed by atoms with Crippen LogP contribution in [0.3, 0.4) is 0 Å². The second-order valence-electron chi connectivity index (χ2n) is 5.62. The van der Waals surface area contributed by atoms with Gasteiger partial charge in [-0.05, 0) is 37.3 Å². The number of anilines is 1. The lowest BCUT2D eigenvalue weighted by Crippen LogP contribution is -2.51. The molecule has 0 radical (unpaired) electrons. The van der Waals surface area contributed by atoms with Crippen LogP contribution in [0.15, 0.2) is 47.1 Å². The molecule has 3 rings (SSSR count). The quantitative estimate of drug-likeness (QED) is 0.892. The number of nitrogens with zero attached hydrogens (tertiary/aromatic N) is 1. The topological polar surface area (TPSA) is 74.6 Å². The van der Waals surface area contributed by atoms with E-state index in [1.165, 1.54) is 6.26 Å². The third-order valence-electron chi connectivity index (χ3n) is 3.77. The van der Waals surface area contributed by atoms with Gasteiger partial charge in [-0.1, -0.05) is 6.07 Å². The number of hydrogen-bond donors (Lipinski definition) is 2. The van der Waals surface area contributed by atoms with Gasteiger partial charge in [-0.2, -0.15) is 0 Å². The number of nitrogens with one attached hydrogen (secondary N) is 2. The van der Waals surface area contributed by atoms with Gasteiger partial charge in [-0.15, -0.1) is 12.4 Å². The number of piperazine rings is 1. The van der Waals surface area contributed by atoms with Gasteiger partial charge in [0.2, 0.25) is 0 Å². The first-order valence-electron chi connectivity index (χ1n) is 7.61. The molecule has 128 valence electrons. The van der Waals surface area contributed by atoms with Crippen molar-refractivity contribution in [2.75, 3.05) is 25.0 Å². The van der Waals surface area contributed by atoms with Crippen LogP contribution in [-0.2, 0) is 0 Å². The average molecular weight is 350 g/mol. The molecule has 7 heteroatoms. The van der Waals surface area contributed by atoms with E-state index in [0.717, 1.165) is 6.54 Å². The Morgan fingerprint density at radius 2 is 2.12 bits per heavy atom. The first-order chi connectivity index (χ1) is 11.1. The Balaban J connectivity index is 0.00000208. The monoisotopic (exact) mass is 349 g/mol. The summed E-state index contributed by atoms with van der Waals surface area (Å²) in [5.74, 6) is -0.125. The van der Waals surface area contributed by atoms with Gasteiger partial charge in [0.25, 0.3) is 11.8 Å². The normalized spacial score (nSPS) is 17.0. The van der Waals surface area contributed by atoms with E-state index in [0.29, 0.717) is 24.3 Å². The molecule has 2 amide bonds. The van der Waals surface area contributed by atoms with Gasteiger partial charge in [0.15, 0.2) is 5.76 Å². The van der Waals surface area contributed by atoms with Crippen molar-refractivity contribution in [3.05, 3.63) is 54.0 Å². The average Bonchev–Trinajstić information content (AvgIpc) is 3.09. The molecule has 1 aliphatic rings. The highest BCUT2D eigenvalue weighted by molar-refractivity contribution is 6.03. The van der Waals surface area contributed by atoms with Crippen LogP contribution in [-0.4, -0.2) is 42.4 Å². The lowest BCUT2D eigenvalue weighted by molar-refractivity contribution is 0.0709. The highest BCUT2D eigenvalue weighted by atomic mass is 35.5. The highest BCUT2D eigenvalue weighted by Gasteiger charge is 2.21. The van der Waals surface area contributed by atoms with Crippen LogP contribution in [0.2, 0.25) is 0 Å². The fourth-order valence-corrected chi connectivity index (χ4v) is 2.63. The van der Waals surface area contributed by atoms with Gasteiger partial charge in [0, 0.05) is 36.9 Å². The number of rotatable bonds is 3. The Hall–Kier alpha value is -2.31. The molecule has 1 fully saturated rings. The van der Waals surface area contributed by atoms with E-state index in [2.05, 4.69) is 17.6 Å². The van der Waals surface area contributed by atoms with Crippen molar-refractivity contribution in [1.29, 1.82) is 0 Å². The van der Waals surface area contributed by atoms with E-state index < -0.39 is 0 Å². The largest absolute Gasteiger partial charge is 0.459 e. The SMILES string of the molecule is CC1CN(C(=O)c2cccc(NC(=O)c3ccco3)c2)CCN1.Cl. The molecule has 2 N–H and O–H groups in total. The Bertz CT molecular complexity index is 703. The van der Waals surface area contributed by atoms with Gasteiger partial charge in [-0.25, -0.2) is 0 Å². The predicted octanol–water partition coefficient (Wildman–Crippen LogP) is 2.39. The molecule has 0 aliphatic carbocycles. The van der Waals surface area contributed by atoms with E-state index >= 15 is 0 Å². The number of amides is 2. The maximum Gasteiger partial charge on any atom is 0.291 e. The summed E-state index contributed by atoms with van der Waals surface area (Å²) in [6, 6.07) is 10.5. The number of hydrogen-bond acceptors (Lipinski definition) is 4. The number of halogens is 1. The van der Waals surface area contributed by atoms with Crippen molar-refractivity contribution in [3.63, 3.8) is 0 Å². The number of carbonyl (C=O) groups excluding carboxylic acids is 2. The molecular weight excluding hydrogens is 330 g/mol. The molecular formula is C17H20ClN3O3. The van der Waals surface area contributed by atoms with E-state index in [1.54, 1.807) is 36.4 Å². The van der Waals surface area contributed by atoms with Crippen LogP contribution in [0, 0.1) is 0 Å². The summed E-state index contributed by atoms with van der Waals surface area (Å²) >= 11 is 0. The maximum atomic E-state index is 12.6. The molecule has 0 saturated carbocycles. The minimum absolute atomic E-state index is 0. The Labute approximate surface area is 146 Å². The Morgan fingerprint density at radius 3 is 2.83 bits per heavy atom. The molecule has 1 aliphatic heterocycles. The number of benzene rings is 1. The van der Waals surface area contributed by atoms with Crippen LogP contribution >= 0.6 is 12.4 Å². The van der Waals surface area contributed by atoms with Crippen molar-refractivity contribution in [3.8, 4) is 0 Å². The number of furan rings is 1. The summed E-state index contributed by atoms with van der Waals surface area (Å²) in [5.41, 5.74) is 1.14. The van der Waals surface area contributed by atoms with Crippen molar-refractivity contribution >= 4 is 29.9 Å². The van der Waals surface area contributed by atoms with E-state index in [4.69, 9.17) is 4.42 Å². The van der Waals surface area contributed by atoms with Crippen LogP contribution in [0.4, 0.5) is 5.69 Å². The van der Waals surface area contributed by atoms with Crippen molar-refractivity contribution in [1.82, 2.24) is 10.2 Å². The summed E-state index contributed by atoms with van der Waals surface area (Å²) in [6.45, 7) is 4.22. The summed E-state index contributed by atoms with van der Waals surface area (Å²) in [5, 5.41) is 6.05. The minimum atomic E-state index is -0.338. The van der Waals surface area contributed by atoms with Crippen LogP contribution in [0.5, 0.6) is 0 Å². The molecule has 1 saturated heterocycles. The lowest BCUT2D eigenvalue weighted by atomic mass is 10.1. The molecule has 1 aromatic heterocycles. The van der Waals surface area contributed by atoms with Gasteiger partial charge in [0.1, 0.15) is 0 Å². The zero-order valence-corrected chi connectivity index (χ0v) is 14.1. The summed E-state index contributed by atoms with van der Waals surface area (Å²) in [6.07, 6.45) is 1.44. The molecule has 0 bridgehead atoms. The minimum Gasteiger partial charge on any atom is -0.459 e. The second kappa shape index (κ2) is 7.99. The first kappa shape index (κ1) is 18.0. The zero-order chi connectivity index (χ0) is 16.2. The first-order valence-corrected chi connectivity index (χ1v) is 7.61. The molecule has 2 heterocycles. The van der Waals surface area contributed by atoms with Gasteiger partial charge in [-0.3, -0.25) is 9.59 Å². The molecule has 0 spiro atoms. The van der Waals surface area contributed by atoms with Crippen molar-refractivity contribution in [2.24, 2.45) is 0 Å². The fourth-order valence-electron chi connectivity index (χ4n) is 2.63. The summed E-state index contributed by atoms with van der Waals surface area (Å²) in [7, 11) is 0. The third-order valence-corrected chi connectivity index (χ3v) is 3.77. The highest BCUT2D eigenvalue weighted by Crippen LogP contribution is 2.15. The second-order valence-corrected chi connectivity index (χ2v) is 5.62. The van der Waals surface area contributed by atoms with E-state index in [1.807, 2.05) is 4.90 Å². The smallest absolute Gasteiger partial charge is 0.291 e. The zero-order valence-electron chi connectivity index (χ0n) is 13.3. The fraction of sp³-hybridized carbons (Fsp3) is 0.294. The van der Waals surface area contributed by atoms with Gasteiger partial charge < -0.3 is 20.0 Å². The third kappa shape index (κ3) is 4.15. The van der Waals surface area contributed by atoms with Crippen LogP contribution in [0.1, 0.15) is 27.8 Å². The van der Waals surface area contributed by atoms with Gasteiger partial charge in [0.05, 0.1) is 6.26 Å².